The van der Waals surface area contributed by atoms with Crippen molar-refractivity contribution in [3.05, 3.63) is 0 Å². The molecule has 1 amide bonds. The molecule has 0 spiro atoms. The Hall–Kier alpha value is -0.610. The molecule has 1 saturated heterocycles. The molecule has 2 unspecified atom stereocenters. The zero-order valence-electron chi connectivity index (χ0n) is 9.41. The Morgan fingerprint density at radius 3 is 2.87 bits per heavy atom. The van der Waals surface area contributed by atoms with Crippen molar-refractivity contribution in [3.8, 4) is 0 Å². The molecule has 15 heavy (non-hydrogen) atoms. The lowest BCUT2D eigenvalue weighted by molar-refractivity contribution is -0.126. The van der Waals surface area contributed by atoms with Gasteiger partial charge < -0.3 is 11.1 Å². The summed E-state index contributed by atoms with van der Waals surface area (Å²) in [5.74, 6) is 0.179. The monoisotopic (exact) mass is 211 g/mol. The molecule has 0 aromatic rings. The minimum atomic E-state index is -0.0124. The maximum Gasteiger partial charge on any atom is 0.237 e. The van der Waals surface area contributed by atoms with E-state index >= 15 is 0 Å². The van der Waals surface area contributed by atoms with E-state index in [0.29, 0.717) is 18.6 Å². The molecular weight excluding hydrogens is 190 g/mol. The van der Waals surface area contributed by atoms with E-state index in [1.165, 1.54) is 6.42 Å². The topological polar surface area (TPSA) is 58.4 Å². The zero-order chi connectivity index (χ0) is 10.8. The van der Waals surface area contributed by atoms with E-state index in [1.54, 1.807) is 0 Å². The molecule has 86 valence electrons. The molecule has 2 fully saturated rings. The van der Waals surface area contributed by atoms with Crippen LogP contribution in [0.1, 0.15) is 32.6 Å². The Kier molecular flexibility index (Phi) is 3.26. The van der Waals surface area contributed by atoms with E-state index in [4.69, 9.17) is 5.73 Å². The molecule has 3 N–H and O–H groups in total. The normalized spacial score (nSPS) is 29.1. The number of rotatable bonds is 4. The van der Waals surface area contributed by atoms with Crippen LogP contribution in [0.25, 0.3) is 0 Å². The van der Waals surface area contributed by atoms with Gasteiger partial charge in [-0.1, -0.05) is 0 Å². The molecule has 4 nitrogen and oxygen atoms in total. The number of carbonyl (C=O) groups is 1. The smallest absolute Gasteiger partial charge is 0.237 e. The maximum atomic E-state index is 11.8. The molecule has 2 rings (SSSR count). The predicted molar refractivity (Wildman–Crippen MR) is 59.4 cm³/mol. The fourth-order valence-corrected chi connectivity index (χ4v) is 2.32. The van der Waals surface area contributed by atoms with E-state index in [0.717, 1.165) is 25.8 Å². The van der Waals surface area contributed by atoms with Crippen LogP contribution in [0.15, 0.2) is 0 Å². The van der Waals surface area contributed by atoms with Crippen molar-refractivity contribution in [2.24, 2.45) is 5.73 Å². The highest BCUT2D eigenvalue weighted by Crippen LogP contribution is 2.22. The van der Waals surface area contributed by atoms with Crippen LogP contribution in [0.4, 0.5) is 0 Å². The first-order valence-electron chi connectivity index (χ1n) is 5.98. The van der Waals surface area contributed by atoms with E-state index in [-0.39, 0.29) is 11.9 Å². The van der Waals surface area contributed by atoms with Crippen LogP contribution < -0.4 is 11.1 Å². The number of likely N-dealkylation sites (tertiary alicyclic amines) is 1. The van der Waals surface area contributed by atoms with Gasteiger partial charge in [0.25, 0.3) is 0 Å². The number of nitrogens with one attached hydrogen (secondary N) is 1. The van der Waals surface area contributed by atoms with Gasteiger partial charge in [0.05, 0.1) is 6.04 Å². The van der Waals surface area contributed by atoms with Crippen LogP contribution in [0.3, 0.4) is 0 Å². The molecule has 2 aliphatic rings. The van der Waals surface area contributed by atoms with Gasteiger partial charge in [-0.15, -0.1) is 0 Å². The highest BCUT2D eigenvalue weighted by atomic mass is 16.2. The molecule has 1 aliphatic heterocycles. The van der Waals surface area contributed by atoms with Gasteiger partial charge in [-0.05, 0) is 39.2 Å². The zero-order valence-corrected chi connectivity index (χ0v) is 9.41. The first-order valence-corrected chi connectivity index (χ1v) is 5.98. The van der Waals surface area contributed by atoms with Gasteiger partial charge >= 0.3 is 0 Å². The van der Waals surface area contributed by atoms with Crippen LogP contribution in [0.2, 0.25) is 0 Å². The number of carbonyl (C=O) groups excluding carboxylic acids is 1. The fraction of sp³-hybridized carbons (Fsp3) is 0.909. The number of hydrogen-bond acceptors (Lipinski definition) is 3. The molecule has 0 aromatic carbocycles. The Morgan fingerprint density at radius 1 is 1.53 bits per heavy atom. The molecule has 2 atom stereocenters. The van der Waals surface area contributed by atoms with E-state index in [9.17, 15) is 4.79 Å². The van der Waals surface area contributed by atoms with Gasteiger partial charge in [0.1, 0.15) is 0 Å². The summed E-state index contributed by atoms with van der Waals surface area (Å²) in [5.41, 5.74) is 5.70. The molecule has 0 aromatic heterocycles. The lowest BCUT2D eigenvalue weighted by atomic mass is 10.2. The minimum Gasteiger partial charge on any atom is -0.352 e. The van der Waals surface area contributed by atoms with Crippen LogP contribution in [0.5, 0.6) is 0 Å². The van der Waals surface area contributed by atoms with E-state index < -0.39 is 0 Å². The molecule has 4 heteroatoms. The number of nitrogens with two attached hydrogens (primary N) is 1. The molecule has 1 heterocycles. The Bertz CT molecular complexity index is 240. The third kappa shape index (κ3) is 2.49. The summed E-state index contributed by atoms with van der Waals surface area (Å²) in [5, 5.41) is 3.05. The first kappa shape index (κ1) is 10.9. The highest BCUT2D eigenvalue weighted by Gasteiger charge is 2.33. The Morgan fingerprint density at radius 2 is 2.27 bits per heavy atom. The molecule has 0 radical (unpaired) electrons. The summed E-state index contributed by atoms with van der Waals surface area (Å²) in [7, 11) is 0. The average molecular weight is 211 g/mol. The lowest BCUT2D eigenvalue weighted by Crippen LogP contribution is -2.49. The van der Waals surface area contributed by atoms with Crippen LogP contribution in [-0.4, -0.2) is 42.0 Å². The minimum absolute atomic E-state index is 0.0124. The highest BCUT2D eigenvalue weighted by molar-refractivity contribution is 5.81. The Labute approximate surface area is 91.2 Å². The largest absolute Gasteiger partial charge is 0.352 e. The van der Waals surface area contributed by atoms with Crippen molar-refractivity contribution in [1.29, 1.82) is 0 Å². The van der Waals surface area contributed by atoms with E-state index in [1.807, 2.05) is 6.92 Å². The average Bonchev–Trinajstić information content (AvgIpc) is 2.92. The van der Waals surface area contributed by atoms with Crippen LogP contribution in [0, 0.1) is 0 Å². The second kappa shape index (κ2) is 4.49. The third-order valence-electron chi connectivity index (χ3n) is 3.50. The Balaban J connectivity index is 1.87. The quantitative estimate of drug-likeness (QED) is 0.692. The van der Waals surface area contributed by atoms with Gasteiger partial charge in [-0.3, -0.25) is 9.69 Å². The fourth-order valence-electron chi connectivity index (χ4n) is 2.32. The molecule has 1 aliphatic carbocycles. The molecule has 1 saturated carbocycles. The summed E-state index contributed by atoms with van der Waals surface area (Å²) >= 11 is 0. The van der Waals surface area contributed by atoms with Gasteiger partial charge in [0.15, 0.2) is 0 Å². The number of hydrogen-bond donors (Lipinski definition) is 2. The summed E-state index contributed by atoms with van der Waals surface area (Å²) in [6.45, 7) is 3.67. The molecular formula is C11H21N3O. The lowest BCUT2D eigenvalue weighted by Gasteiger charge is -2.28. The second-order valence-corrected chi connectivity index (χ2v) is 4.73. The van der Waals surface area contributed by atoms with E-state index in [2.05, 4.69) is 10.2 Å². The van der Waals surface area contributed by atoms with Crippen molar-refractivity contribution in [2.75, 3.05) is 13.1 Å². The van der Waals surface area contributed by atoms with Crippen LogP contribution in [-0.2, 0) is 4.79 Å². The predicted octanol–water partition coefficient (Wildman–Crippen LogP) is 0.0766. The van der Waals surface area contributed by atoms with Gasteiger partial charge in [-0.2, -0.15) is 0 Å². The maximum absolute atomic E-state index is 11.8. The number of amides is 1. The van der Waals surface area contributed by atoms with Crippen molar-refractivity contribution < 1.29 is 4.79 Å². The van der Waals surface area contributed by atoms with Gasteiger partial charge in [-0.25, -0.2) is 0 Å². The van der Waals surface area contributed by atoms with Gasteiger partial charge in [0.2, 0.25) is 5.91 Å². The first-order chi connectivity index (χ1) is 7.22. The molecule has 0 bridgehead atoms. The summed E-state index contributed by atoms with van der Waals surface area (Å²) in [6, 6.07) is 0.852. The van der Waals surface area contributed by atoms with Crippen molar-refractivity contribution >= 4 is 5.91 Å². The summed E-state index contributed by atoms with van der Waals surface area (Å²) in [4.78, 5) is 14.1. The van der Waals surface area contributed by atoms with Crippen molar-refractivity contribution in [1.82, 2.24) is 10.2 Å². The summed E-state index contributed by atoms with van der Waals surface area (Å²) < 4.78 is 0. The second-order valence-electron chi connectivity index (χ2n) is 4.73. The third-order valence-corrected chi connectivity index (χ3v) is 3.50. The van der Waals surface area contributed by atoms with Crippen molar-refractivity contribution in [3.63, 3.8) is 0 Å². The standard InChI is InChI=1S/C11H21N3O/c1-8(11(15)13-9-4-5-9)14-6-2-3-10(14)7-12/h8-10H,2-7,12H2,1H3,(H,13,15). The van der Waals surface area contributed by atoms with Crippen molar-refractivity contribution in [2.45, 2.75) is 50.7 Å². The van der Waals surface area contributed by atoms with Crippen LogP contribution >= 0.6 is 0 Å². The van der Waals surface area contributed by atoms with Gasteiger partial charge in [0, 0.05) is 18.6 Å². The number of nitrogens with zero attached hydrogens (tertiary/aromatic N) is 1. The summed E-state index contributed by atoms with van der Waals surface area (Å²) in [6.07, 6.45) is 4.61. The SMILES string of the molecule is CC(C(=O)NC1CC1)N1CCCC1CN.